The van der Waals surface area contributed by atoms with Crippen molar-refractivity contribution >= 4 is 15.9 Å². The molecule has 0 saturated heterocycles. The Labute approximate surface area is 107 Å². The van der Waals surface area contributed by atoms with Gasteiger partial charge in [0.1, 0.15) is 0 Å². The van der Waals surface area contributed by atoms with Crippen molar-refractivity contribution in [1.29, 1.82) is 0 Å². The van der Waals surface area contributed by atoms with Crippen LogP contribution in [-0.4, -0.2) is 17.6 Å². The molecule has 0 bridgehead atoms. The molecule has 0 radical (unpaired) electrons. The van der Waals surface area contributed by atoms with E-state index in [1.165, 1.54) is 12.0 Å². The molecule has 0 aliphatic rings. The van der Waals surface area contributed by atoms with Gasteiger partial charge in [0.05, 0.1) is 0 Å². The number of hydrogen-bond acceptors (Lipinski definition) is 2. The quantitative estimate of drug-likeness (QED) is 0.866. The Balaban J connectivity index is 2.47. The van der Waals surface area contributed by atoms with E-state index in [1.54, 1.807) is 0 Å². The van der Waals surface area contributed by atoms with Crippen LogP contribution in [-0.2, 0) is 6.42 Å². The fraction of sp³-hybridized carbons (Fsp3) is 0.615. The molecule has 0 saturated carbocycles. The fourth-order valence-electron chi connectivity index (χ4n) is 1.69. The molecule has 0 aliphatic heterocycles. The molecular formula is C13H21BrN2. The summed E-state index contributed by atoms with van der Waals surface area (Å²) in [5.41, 5.74) is 1.30. The number of hydrogen-bond donors (Lipinski definition) is 1. The Morgan fingerprint density at radius 1 is 1.38 bits per heavy atom. The monoisotopic (exact) mass is 284 g/mol. The largest absolute Gasteiger partial charge is 0.314 e. The van der Waals surface area contributed by atoms with Crippen LogP contribution in [0, 0.1) is 5.92 Å². The standard InChI is InChI=1S/C13H21BrN2/c1-4-5-16-11(3)10(2)6-12-7-13(14)9-15-8-12/h7-11,16H,4-6H2,1-3H3. The number of nitrogens with zero attached hydrogens (tertiary/aromatic N) is 1. The lowest BCUT2D eigenvalue weighted by Gasteiger charge is -2.21. The molecule has 0 amide bonds. The summed E-state index contributed by atoms with van der Waals surface area (Å²) in [5, 5.41) is 3.53. The molecule has 90 valence electrons. The Kier molecular flexibility index (Phi) is 5.99. The molecule has 1 N–H and O–H groups in total. The number of halogens is 1. The van der Waals surface area contributed by atoms with Crippen molar-refractivity contribution in [2.24, 2.45) is 5.92 Å². The molecule has 2 unspecified atom stereocenters. The average molecular weight is 285 g/mol. The lowest BCUT2D eigenvalue weighted by Crippen LogP contribution is -2.33. The topological polar surface area (TPSA) is 24.9 Å². The number of nitrogens with one attached hydrogen (secondary N) is 1. The smallest absolute Gasteiger partial charge is 0.0410 e. The van der Waals surface area contributed by atoms with Crippen molar-refractivity contribution in [3.05, 3.63) is 28.5 Å². The summed E-state index contributed by atoms with van der Waals surface area (Å²) >= 11 is 3.45. The molecule has 2 nitrogen and oxygen atoms in total. The first kappa shape index (κ1) is 13.7. The Hall–Kier alpha value is -0.410. The summed E-state index contributed by atoms with van der Waals surface area (Å²) in [6, 6.07) is 2.70. The maximum atomic E-state index is 4.19. The molecular weight excluding hydrogens is 264 g/mol. The van der Waals surface area contributed by atoms with Gasteiger partial charge in [0.25, 0.3) is 0 Å². The summed E-state index contributed by atoms with van der Waals surface area (Å²) in [5.74, 6) is 0.627. The molecule has 0 aromatic carbocycles. The van der Waals surface area contributed by atoms with E-state index in [0.29, 0.717) is 12.0 Å². The molecule has 0 spiro atoms. The third-order valence-corrected chi connectivity index (χ3v) is 3.32. The fourth-order valence-corrected chi connectivity index (χ4v) is 2.10. The van der Waals surface area contributed by atoms with Crippen LogP contribution in [0.5, 0.6) is 0 Å². The molecule has 16 heavy (non-hydrogen) atoms. The van der Waals surface area contributed by atoms with Gasteiger partial charge in [0.2, 0.25) is 0 Å². The van der Waals surface area contributed by atoms with E-state index in [9.17, 15) is 0 Å². The van der Waals surface area contributed by atoms with Gasteiger partial charge < -0.3 is 5.32 Å². The van der Waals surface area contributed by atoms with E-state index in [2.05, 4.69) is 53.1 Å². The van der Waals surface area contributed by atoms with E-state index in [0.717, 1.165) is 17.4 Å². The summed E-state index contributed by atoms with van der Waals surface area (Å²) in [4.78, 5) is 4.19. The van der Waals surface area contributed by atoms with Crippen molar-refractivity contribution in [3.63, 3.8) is 0 Å². The Morgan fingerprint density at radius 3 is 2.75 bits per heavy atom. The normalized spacial score (nSPS) is 14.8. The molecule has 2 atom stereocenters. The molecule has 1 rings (SSSR count). The zero-order valence-electron chi connectivity index (χ0n) is 10.3. The highest BCUT2D eigenvalue weighted by molar-refractivity contribution is 9.10. The molecule has 3 heteroatoms. The SMILES string of the molecule is CCCNC(C)C(C)Cc1cncc(Br)c1. The summed E-state index contributed by atoms with van der Waals surface area (Å²) in [6.07, 6.45) is 6.04. The van der Waals surface area contributed by atoms with Gasteiger partial charge in [-0.1, -0.05) is 13.8 Å². The van der Waals surface area contributed by atoms with Crippen molar-refractivity contribution in [1.82, 2.24) is 10.3 Å². The van der Waals surface area contributed by atoms with E-state index < -0.39 is 0 Å². The van der Waals surface area contributed by atoms with Crippen LogP contribution >= 0.6 is 15.9 Å². The van der Waals surface area contributed by atoms with Crippen LogP contribution in [0.4, 0.5) is 0 Å². The van der Waals surface area contributed by atoms with Crippen LogP contribution in [0.15, 0.2) is 22.9 Å². The van der Waals surface area contributed by atoms with Crippen molar-refractivity contribution < 1.29 is 0 Å². The van der Waals surface area contributed by atoms with Crippen molar-refractivity contribution in [3.8, 4) is 0 Å². The first-order valence-corrected chi connectivity index (χ1v) is 6.75. The van der Waals surface area contributed by atoms with Gasteiger partial charge in [-0.3, -0.25) is 4.98 Å². The Bertz CT molecular complexity index is 315. The highest BCUT2D eigenvalue weighted by Crippen LogP contribution is 2.15. The van der Waals surface area contributed by atoms with Gasteiger partial charge in [0.15, 0.2) is 0 Å². The molecule has 1 heterocycles. The van der Waals surface area contributed by atoms with E-state index in [-0.39, 0.29) is 0 Å². The highest BCUT2D eigenvalue weighted by Gasteiger charge is 2.12. The molecule has 0 fully saturated rings. The van der Waals surface area contributed by atoms with Gasteiger partial charge in [0, 0.05) is 22.9 Å². The first-order chi connectivity index (χ1) is 7.63. The van der Waals surface area contributed by atoms with Crippen LogP contribution in [0.3, 0.4) is 0 Å². The van der Waals surface area contributed by atoms with Gasteiger partial charge >= 0.3 is 0 Å². The van der Waals surface area contributed by atoms with Crippen LogP contribution in [0.25, 0.3) is 0 Å². The zero-order valence-corrected chi connectivity index (χ0v) is 11.9. The predicted molar refractivity (Wildman–Crippen MR) is 72.6 cm³/mol. The summed E-state index contributed by atoms with van der Waals surface area (Å²) < 4.78 is 1.06. The lowest BCUT2D eigenvalue weighted by molar-refractivity contribution is 0.398. The zero-order chi connectivity index (χ0) is 12.0. The molecule has 0 aliphatic carbocycles. The summed E-state index contributed by atoms with van der Waals surface area (Å²) in [6.45, 7) is 7.84. The summed E-state index contributed by atoms with van der Waals surface area (Å²) in [7, 11) is 0. The van der Waals surface area contributed by atoms with Gasteiger partial charge in [-0.25, -0.2) is 0 Å². The van der Waals surface area contributed by atoms with E-state index in [4.69, 9.17) is 0 Å². The van der Waals surface area contributed by atoms with Crippen LogP contribution in [0.2, 0.25) is 0 Å². The minimum atomic E-state index is 0.555. The predicted octanol–water partition coefficient (Wildman–Crippen LogP) is 3.41. The third kappa shape index (κ3) is 4.62. The minimum absolute atomic E-state index is 0.555. The van der Waals surface area contributed by atoms with Gasteiger partial charge in [-0.05, 0) is 59.8 Å². The highest BCUT2D eigenvalue weighted by atomic mass is 79.9. The van der Waals surface area contributed by atoms with Crippen LogP contribution in [0.1, 0.15) is 32.8 Å². The van der Waals surface area contributed by atoms with Crippen molar-refractivity contribution in [2.75, 3.05) is 6.54 Å². The minimum Gasteiger partial charge on any atom is -0.314 e. The van der Waals surface area contributed by atoms with Gasteiger partial charge in [-0.2, -0.15) is 0 Å². The van der Waals surface area contributed by atoms with Crippen molar-refractivity contribution in [2.45, 2.75) is 39.7 Å². The third-order valence-electron chi connectivity index (χ3n) is 2.89. The molecule has 1 aromatic heterocycles. The van der Waals surface area contributed by atoms with Gasteiger partial charge in [-0.15, -0.1) is 0 Å². The number of aromatic nitrogens is 1. The second kappa shape index (κ2) is 7.02. The lowest BCUT2D eigenvalue weighted by atomic mass is 9.96. The molecule has 1 aromatic rings. The number of pyridine rings is 1. The average Bonchev–Trinajstić information content (AvgIpc) is 2.25. The van der Waals surface area contributed by atoms with Crippen LogP contribution < -0.4 is 5.32 Å². The second-order valence-corrected chi connectivity index (χ2v) is 5.35. The van der Waals surface area contributed by atoms with E-state index in [1.807, 2.05) is 12.4 Å². The Morgan fingerprint density at radius 2 is 2.12 bits per heavy atom. The first-order valence-electron chi connectivity index (χ1n) is 5.96. The maximum absolute atomic E-state index is 4.19. The number of rotatable bonds is 6. The van der Waals surface area contributed by atoms with E-state index >= 15 is 0 Å². The second-order valence-electron chi connectivity index (χ2n) is 4.44. The maximum Gasteiger partial charge on any atom is 0.0410 e.